The van der Waals surface area contributed by atoms with Crippen LogP contribution in [-0.2, 0) is 23.9 Å². The van der Waals surface area contributed by atoms with E-state index in [0.717, 1.165) is 54.5 Å². The summed E-state index contributed by atoms with van der Waals surface area (Å²) >= 11 is 0. The Morgan fingerprint density at radius 3 is 1.98 bits per heavy atom. The maximum atomic E-state index is 15.8. The normalized spacial score (nSPS) is 18.8. The number of esters is 1. The van der Waals surface area contributed by atoms with Crippen molar-refractivity contribution in [2.24, 2.45) is 5.92 Å². The number of imidazole rings is 2. The lowest BCUT2D eigenvalue weighted by Crippen LogP contribution is -2.49. The van der Waals surface area contributed by atoms with Crippen molar-refractivity contribution in [3.05, 3.63) is 108 Å². The van der Waals surface area contributed by atoms with Crippen LogP contribution in [0.5, 0.6) is 0 Å². The number of likely N-dealkylation sites (tertiary alicyclic amines) is 2. The average molecular weight is 788 g/mol. The lowest BCUT2D eigenvalue weighted by atomic mass is 9.94. The molecule has 0 unspecified atom stereocenters. The number of benzene rings is 3. The zero-order valence-corrected chi connectivity index (χ0v) is 32.4. The first-order valence-corrected chi connectivity index (χ1v) is 19.8. The molecular formula is C44H46FN7O6. The van der Waals surface area contributed by atoms with E-state index in [1.165, 1.54) is 20.3 Å². The number of methoxy groups -OCH3 is 2. The maximum absolute atomic E-state index is 15.8. The number of rotatable bonds is 12. The molecule has 0 radical (unpaired) electrons. The third kappa shape index (κ3) is 7.95. The number of carbonyl (C=O) groups is 4. The number of amides is 3. The molecule has 5 aromatic rings. The van der Waals surface area contributed by atoms with Gasteiger partial charge in [-0.1, -0.05) is 60.7 Å². The Balaban J connectivity index is 0.939. The van der Waals surface area contributed by atoms with Crippen molar-refractivity contribution in [3.8, 4) is 33.6 Å². The summed E-state index contributed by atoms with van der Waals surface area (Å²) in [5.41, 5.74) is 4.85. The number of alkyl carbamates (subject to hydrolysis) is 1. The first-order valence-electron chi connectivity index (χ1n) is 19.8. The Bertz CT molecular complexity index is 2290. The van der Waals surface area contributed by atoms with E-state index in [2.05, 4.69) is 25.3 Å². The van der Waals surface area contributed by atoms with Gasteiger partial charge in [0, 0.05) is 18.7 Å². The Kier molecular flexibility index (Phi) is 11.1. The minimum Gasteiger partial charge on any atom is -0.469 e. The van der Waals surface area contributed by atoms with E-state index in [1.54, 1.807) is 23.4 Å². The molecule has 8 rings (SSSR count). The van der Waals surface area contributed by atoms with Crippen LogP contribution in [0, 0.1) is 11.7 Å². The molecule has 3 N–H and O–H groups in total. The summed E-state index contributed by atoms with van der Waals surface area (Å²) < 4.78 is 25.4. The van der Waals surface area contributed by atoms with Crippen LogP contribution >= 0.6 is 0 Å². The van der Waals surface area contributed by atoms with E-state index in [0.29, 0.717) is 48.0 Å². The van der Waals surface area contributed by atoms with Crippen LogP contribution in [-0.4, -0.2) is 87.0 Å². The molecule has 4 heterocycles. The number of nitrogens with zero attached hydrogens (tertiary/aromatic N) is 4. The third-order valence-corrected chi connectivity index (χ3v) is 11.6. The van der Waals surface area contributed by atoms with Gasteiger partial charge in [0.05, 0.1) is 62.4 Å². The molecule has 2 aliphatic heterocycles. The second-order valence-electron chi connectivity index (χ2n) is 15.2. The highest BCUT2D eigenvalue weighted by molar-refractivity contribution is 5.89. The van der Waals surface area contributed by atoms with Gasteiger partial charge in [-0.15, -0.1) is 0 Å². The second-order valence-corrected chi connectivity index (χ2v) is 15.2. The summed E-state index contributed by atoms with van der Waals surface area (Å²) in [5.74, 6) is -0.442. The van der Waals surface area contributed by atoms with E-state index < -0.39 is 29.8 Å². The van der Waals surface area contributed by atoms with Crippen LogP contribution in [0.3, 0.4) is 0 Å². The fourth-order valence-corrected chi connectivity index (χ4v) is 8.34. The zero-order valence-electron chi connectivity index (χ0n) is 32.4. The number of carbonyl (C=O) groups excluding carboxylic acids is 4. The Morgan fingerprint density at radius 1 is 0.759 bits per heavy atom. The van der Waals surface area contributed by atoms with Crippen LogP contribution < -0.4 is 5.32 Å². The molecule has 0 bridgehead atoms. The highest BCUT2D eigenvalue weighted by atomic mass is 19.1. The molecule has 300 valence electrons. The quantitative estimate of drug-likeness (QED) is 0.113. The molecule has 2 aromatic heterocycles. The molecule has 0 spiro atoms. The number of aromatic amines is 2. The van der Waals surface area contributed by atoms with Gasteiger partial charge in [-0.3, -0.25) is 14.4 Å². The Hall–Kier alpha value is -6.31. The lowest BCUT2D eigenvalue weighted by Gasteiger charge is -2.28. The van der Waals surface area contributed by atoms with Crippen LogP contribution in [0.15, 0.2) is 85.2 Å². The fraction of sp³-hybridized carbons (Fsp3) is 0.364. The molecule has 4 atom stereocenters. The van der Waals surface area contributed by atoms with Crippen LogP contribution in [0.4, 0.5) is 9.18 Å². The number of nitrogens with one attached hydrogen (secondary N) is 3. The van der Waals surface area contributed by atoms with Crippen LogP contribution in [0.25, 0.3) is 33.6 Å². The van der Waals surface area contributed by atoms with Gasteiger partial charge in [0.1, 0.15) is 23.5 Å². The highest BCUT2D eigenvalue weighted by Crippen LogP contribution is 2.39. The van der Waals surface area contributed by atoms with Crippen LogP contribution in [0.1, 0.15) is 80.2 Å². The van der Waals surface area contributed by atoms with E-state index in [4.69, 9.17) is 9.47 Å². The van der Waals surface area contributed by atoms with Crippen molar-refractivity contribution < 1.29 is 33.0 Å². The summed E-state index contributed by atoms with van der Waals surface area (Å²) in [6.07, 6.45) is 7.48. The lowest BCUT2D eigenvalue weighted by molar-refractivity contribution is -0.145. The molecule has 3 aromatic carbocycles. The first-order chi connectivity index (χ1) is 28.2. The predicted molar refractivity (Wildman–Crippen MR) is 212 cm³/mol. The summed E-state index contributed by atoms with van der Waals surface area (Å²) in [4.78, 5) is 71.3. The minimum atomic E-state index is -0.657. The van der Waals surface area contributed by atoms with Crippen molar-refractivity contribution in [1.29, 1.82) is 0 Å². The van der Waals surface area contributed by atoms with E-state index in [1.807, 2.05) is 65.6 Å². The van der Waals surface area contributed by atoms with Gasteiger partial charge in [0.2, 0.25) is 11.8 Å². The van der Waals surface area contributed by atoms with Gasteiger partial charge in [-0.05, 0) is 78.8 Å². The molecule has 2 saturated heterocycles. The summed E-state index contributed by atoms with van der Waals surface area (Å²) in [6.45, 7) is 1.11. The van der Waals surface area contributed by atoms with Gasteiger partial charge >= 0.3 is 12.1 Å². The monoisotopic (exact) mass is 787 g/mol. The molecule has 3 fully saturated rings. The minimum absolute atomic E-state index is 0.0434. The first kappa shape index (κ1) is 38.6. The number of ether oxygens (including phenoxy) is 2. The van der Waals surface area contributed by atoms with Gasteiger partial charge < -0.3 is 34.6 Å². The molecular weight excluding hydrogens is 742 g/mol. The maximum Gasteiger partial charge on any atom is 0.407 e. The number of aromatic nitrogens is 4. The summed E-state index contributed by atoms with van der Waals surface area (Å²) in [6, 6.07) is 20.9. The zero-order chi connectivity index (χ0) is 40.3. The molecule has 1 aliphatic carbocycles. The fourth-order valence-electron chi connectivity index (χ4n) is 8.34. The largest absolute Gasteiger partial charge is 0.469 e. The molecule has 3 aliphatic rings. The smallest absolute Gasteiger partial charge is 0.407 e. The van der Waals surface area contributed by atoms with Crippen molar-refractivity contribution in [2.75, 3.05) is 27.3 Å². The Labute approximate surface area is 335 Å². The number of hydrogen-bond donors (Lipinski definition) is 3. The average Bonchev–Trinajstić information content (AvgIpc) is 3.72. The van der Waals surface area contributed by atoms with Gasteiger partial charge in [0.15, 0.2) is 0 Å². The van der Waals surface area contributed by atoms with Crippen molar-refractivity contribution in [1.82, 2.24) is 35.1 Å². The van der Waals surface area contributed by atoms with E-state index in [-0.39, 0.29) is 36.2 Å². The topological polar surface area (TPSA) is 163 Å². The van der Waals surface area contributed by atoms with E-state index >= 15 is 4.39 Å². The molecule has 58 heavy (non-hydrogen) atoms. The SMILES string of the molecule is COC(=O)C[C@H](C(=O)N1CCC[C@H]1c1ncc(-c2ccc(-c3ccc(-c4cnc([C@@H]5CCCN5C(=O)[C@@H](NC(=O)OC)C5CC5)[nH]4)c(F)c3)cc2)[nH]1)c1ccccc1. The number of halogens is 1. The van der Waals surface area contributed by atoms with Gasteiger partial charge in [-0.2, -0.15) is 0 Å². The van der Waals surface area contributed by atoms with E-state index in [9.17, 15) is 19.2 Å². The third-order valence-electron chi connectivity index (χ3n) is 11.6. The van der Waals surface area contributed by atoms with Crippen molar-refractivity contribution in [3.63, 3.8) is 0 Å². The van der Waals surface area contributed by atoms with Crippen molar-refractivity contribution in [2.45, 2.75) is 69.0 Å². The van der Waals surface area contributed by atoms with Gasteiger partial charge in [0.25, 0.3) is 0 Å². The van der Waals surface area contributed by atoms with Crippen LogP contribution in [0.2, 0.25) is 0 Å². The number of hydrogen-bond acceptors (Lipinski definition) is 8. The molecule has 13 nitrogen and oxygen atoms in total. The molecule has 14 heteroatoms. The summed E-state index contributed by atoms with van der Waals surface area (Å²) in [5, 5.41) is 2.72. The molecule has 1 saturated carbocycles. The Morgan fingerprint density at radius 2 is 1.36 bits per heavy atom. The van der Waals surface area contributed by atoms with Gasteiger partial charge in [-0.25, -0.2) is 19.2 Å². The second kappa shape index (κ2) is 16.7. The standard InChI is InChI=1S/C44H46FN7O6/c1-57-38(53)23-32(27-8-4-3-5-9-27)42(54)51-20-6-10-36(51)40-46-24-34(48-40)28-14-12-26(13-15-28)30-18-19-31(33(45)22-30)35-25-47-41(49-35)37-11-7-21-52(37)43(55)39(29-16-17-29)50-44(56)58-2/h3-5,8-9,12-15,18-19,22,24-25,29,32,36-37,39H,6-7,10-11,16-17,20-21,23H2,1-2H3,(H,46,48)(H,47,49)(H,50,56)/t32-,36-,37-,39-/m0/s1. The van der Waals surface area contributed by atoms with Crippen molar-refractivity contribution >= 4 is 23.9 Å². The number of H-pyrrole nitrogens is 2. The molecule has 3 amide bonds. The summed E-state index contributed by atoms with van der Waals surface area (Å²) in [7, 11) is 2.61. The predicted octanol–water partition coefficient (Wildman–Crippen LogP) is 7.08. The highest BCUT2D eigenvalue weighted by Gasteiger charge is 2.43.